The van der Waals surface area contributed by atoms with E-state index in [1.165, 1.54) is 7.11 Å². The number of fused-ring (bicyclic) bond motifs is 1. The molecule has 0 spiro atoms. The van der Waals surface area contributed by atoms with Crippen molar-refractivity contribution in [3.05, 3.63) is 23.8 Å². The van der Waals surface area contributed by atoms with Crippen LogP contribution in [-0.4, -0.2) is 48.2 Å². The van der Waals surface area contributed by atoms with E-state index < -0.39 is 24.2 Å². The maximum atomic E-state index is 12.0. The number of hydrogen-bond donors (Lipinski definition) is 2. The van der Waals surface area contributed by atoms with Gasteiger partial charge in [0, 0.05) is 19.4 Å². The number of hydrogen-bond acceptors (Lipinski definition) is 5. The highest BCUT2D eigenvalue weighted by Crippen LogP contribution is 2.37. The molecule has 1 fully saturated rings. The summed E-state index contributed by atoms with van der Waals surface area (Å²) in [6.07, 6.45) is 1.58. The average molecular weight is 296 g/mol. The van der Waals surface area contributed by atoms with Gasteiger partial charge in [-0.05, 0) is 25.3 Å². The zero-order valence-electron chi connectivity index (χ0n) is 12.6. The third-order valence-corrected chi connectivity index (χ3v) is 4.41. The Balaban J connectivity index is 2.31. The normalized spacial score (nSPS) is 40.2. The summed E-state index contributed by atoms with van der Waals surface area (Å²) in [5.74, 6) is -1.20. The van der Waals surface area contributed by atoms with E-state index in [1.54, 1.807) is 6.08 Å². The van der Waals surface area contributed by atoms with E-state index >= 15 is 0 Å². The molecule has 2 N–H and O–H groups in total. The van der Waals surface area contributed by atoms with Crippen LogP contribution >= 0.6 is 0 Å². The molecule has 2 rings (SSSR count). The molecular formula is C16H24O5. The molecule has 0 radical (unpaired) electrons. The standard InChI is InChI=1S/C16H24O5/c1-9-4-5-12(17)10(2)7-14-15(13(18)6-9)11(8-20-3)16(19)21-14/h6,11-15,17-18H,2,4-5,7-8H2,1,3H3/b9-6+/t11-,12-,13-,14+,15+/m1/s1. The van der Waals surface area contributed by atoms with Crippen molar-refractivity contribution in [2.75, 3.05) is 13.7 Å². The van der Waals surface area contributed by atoms with Crippen LogP contribution in [0, 0.1) is 11.8 Å². The third kappa shape index (κ3) is 3.54. The molecule has 5 heteroatoms. The molecule has 2 aliphatic rings. The van der Waals surface area contributed by atoms with E-state index in [1.807, 2.05) is 6.92 Å². The van der Waals surface area contributed by atoms with Crippen molar-refractivity contribution in [1.29, 1.82) is 0 Å². The molecule has 21 heavy (non-hydrogen) atoms. The summed E-state index contributed by atoms with van der Waals surface area (Å²) in [5.41, 5.74) is 1.64. The van der Waals surface area contributed by atoms with E-state index in [-0.39, 0.29) is 18.5 Å². The monoisotopic (exact) mass is 296 g/mol. The van der Waals surface area contributed by atoms with Gasteiger partial charge >= 0.3 is 5.97 Å². The first-order chi connectivity index (χ1) is 9.93. The van der Waals surface area contributed by atoms with E-state index in [2.05, 4.69) is 6.58 Å². The summed E-state index contributed by atoms with van der Waals surface area (Å²) in [7, 11) is 1.52. The molecule has 0 aromatic rings. The number of aliphatic hydroxyl groups is 2. The number of carbonyl (C=O) groups excluding carboxylic acids is 1. The number of ether oxygens (including phenoxy) is 2. The first kappa shape index (κ1) is 16.2. The second-order valence-electron chi connectivity index (χ2n) is 6.03. The van der Waals surface area contributed by atoms with Crippen LogP contribution in [0.4, 0.5) is 0 Å². The van der Waals surface area contributed by atoms with Crippen LogP contribution in [0.25, 0.3) is 0 Å². The molecule has 118 valence electrons. The highest BCUT2D eigenvalue weighted by molar-refractivity contribution is 5.75. The predicted octanol–water partition coefficient (Wildman–Crippen LogP) is 1.20. The van der Waals surface area contributed by atoms with Gasteiger partial charge in [0.1, 0.15) is 6.10 Å². The van der Waals surface area contributed by atoms with Crippen molar-refractivity contribution in [3.63, 3.8) is 0 Å². The van der Waals surface area contributed by atoms with Crippen molar-refractivity contribution in [2.24, 2.45) is 11.8 Å². The molecule has 1 aliphatic carbocycles. The molecular weight excluding hydrogens is 272 g/mol. The Morgan fingerprint density at radius 3 is 2.86 bits per heavy atom. The first-order valence-electron chi connectivity index (χ1n) is 7.34. The summed E-state index contributed by atoms with van der Waals surface area (Å²) in [4.78, 5) is 12.0. The number of allylic oxidation sites excluding steroid dienone is 1. The largest absolute Gasteiger partial charge is 0.461 e. The van der Waals surface area contributed by atoms with Gasteiger partial charge < -0.3 is 19.7 Å². The Morgan fingerprint density at radius 1 is 1.48 bits per heavy atom. The molecule has 5 nitrogen and oxygen atoms in total. The molecule has 1 saturated heterocycles. The van der Waals surface area contributed by atoms with Crippen molar-refractivity contribution in [1.82, 2.24) is 0 Å². The molecule has 0 aromatic carbocycles. The summed E-state index contributed by atoms with van der Waals surface area (Å²) < 4.78 is 10.5. The topological polar surface area (TPSA) is 76.0 Å². The van der Waals surface area contributed by atoms with E-state index in [4.69, 9.17) is 9.47 Å². The van der Waals surface area contributed by atoms with Crippen molar-refractivity contribution in [2.45, 2.75) is 44.5 Å². The molecule has 5 atom stereocenters. The molecule has 1 heterocycles. The van der Waals surface area contributed by atoms with Gasteiger partial charge in [0.15, 0.2) is 0 Å². The van der Waals surface area contributed by atoms with Crippen LogP contribution < -0.4 is 0 Å². The van der Waals surface area contributed by atoms with Gasteiger partial charge in [-0.15, -0.1) is 0 Å². The van der Waals surface area contributed by atoms with Gasteiger partial charge in [0.25, 0.3) is 0 Å². The SMILES string of the molecule is C=C1C[C@@H]2OC(=O)[C@H](COC)[C@H]2[C@H](O)/C=C(\C)CC[C@H]1O. The minimum Gasteiger partial charge on any atom is -0.461 e. The van der Waals surface area contributed by atoms with Gasteiger partial charge in [-0.25, -0.2) is 0 Å². The lowest BCUT2D eigenvalue weighted by molar-refractivity contribution is -0.145. The van der Waals surface area contributed by atoms with E-state index in [0.717, 1.165) is 5.57 Å². The quantitative estimate of drug-likeness (QED) is 0.591. The summed E-state index contributed by atoms with van der Waals surface area (Å²) in [6.45, 7) is 6.04. The van der Waals surface area contributed by atoms with Gasteiger partial charge in [0.2, 0.25) is 0 Å². The maximum Gasteiger partial charge on any atom is 0.312 e. The van der Waals surface area contributed by atoms with E-state index in [9.17, 15) is 15.0 Å². The second kappa shape index (κ2) is 6.73. The Kier molecular flexibility index (Phi) is 5.19. The lowest BCUT2D eigenvalue weighted by Gasteiger charge is -2.27. The van der Waals surface area contributed by atoms with Crippen LogP contribution in [0.15, 0.2) is 23.8 Å². The molecule has 0 saturated carbocycles. The molecule has 1 aliphatic heterocycles. The number of rotatable bonds is 2. The minimum absolute atomic E-state index is 0.221. The lowest BCUT2D eigenvalue weighted by atomic mass is 9.81. The average Bonchev–Trinajstić information content (AvgIpc) is 2.72. The maximum absolute atomic E-state index is 12.0. The number of carbonyl (C=O) groups is 1. The van der Waals surface area contributed by atoms with Gasteiger partial charge in [-0.1, -0.05) is 18.2 Å². The van der Waals surface area contributed by atoms with Gasteiger partial charge in [-0.2, -0.15) is 0 Å². The fraction of sp³-hybridized carbons (Fsp3) is 0.688. The van der Waals surface area contributed by atoms with Gasteiger partial charge in [0.05, 0.1) is 24.7 Å². The van der Waals surface area contributed by atoms with Crippen molar-refractivity contribution in [3.8, 4) is 0 Å². The summed E-state index contributed by atoms with van der Waals surface area (Å²) in [5, 5.41) is 20.6. The fourth-order valence-corrected chi connectivity index (χ4v) is 3.17. The van der Waals surface area contributed by atoms with Crippen LogP contribution in [0.1, 0.15) is 26.2 Å². The molecule has 0 aromatic heterocycles. The number of methoxy groups -OCH3 is 1. The second-order valence-corrected chi connectivity index (χ2v) is 6.03. The smallest absolute Gasteiger partial charge is 0.312 e. The van der Waals surface area contributed by atoms with E-state index in [0.29, 0.717) is 24.8 Å². The Morgan fingerprint density at radius 2 is 2.19 bits per heavy atom. The summed E-state index contributed by atoms with van der Waals surface area (Å²) >= 11 is 0. The number of aliphatic hydroxyl groups excluding tert-OH is 2. The first-order valence-corrected chi connectivity index (χ1v) is 7.34. The Labute approximate surface area is 125 Å². The highest BCUT2D eigenvalue weighted by atomic mass is 16.6. The molecule has 0 bridgehead atoms. The van der Waals surface area contributed by atoms with Crippen LogP contribution in [0.5, 0.6) is 0 Å². The fourth-order valence-electron chi connectivity index (χ4n) is 3.17. The third-order valence-electron chi connectivity index (χ3n) is 4.41. The zero-order chi connectivity index (χ0) is 15.6. The predicted molar refractivity (Wildman–Crippen MR) is 77.5 cm³/mol. The van der Waals surface area contributed by atoms with Crippen LogP contribution in [0.3, 0.4) is 0 Å². The van der Waals surface area contributed by atoms with Crippen molar-refractivity contribution < 1.29 is 24.5 Å². The zero-order valence-corrected chi connectivity index (χ0v) is 12.6. The molecule has 0 amide bonds. The lowest BCUT2D eigenvalue weighted by Crippen LogP contribution is -2.35. The highest BCUT2D eigenvalue weighted by Gasteiger charge is 2.48. The minimum atomic E-state index is -0.760. The van der Waals surface area contributed by atoms with Gasteiger partial charge in [-0.3, -0.25) is 4.79 Å². The summed E-state index contributed by atoms with van der Waals surface area (Å²) in [6, 6.07) is 0. The Hall–Kier alpha value is -1.17. The van der Waals surface area contributed by atoms with Crippen LogP contribution in [0.2, 0.25) is 0 Å². The molecule has 0 unspecified atom stereocenters. The Bertz CT molecular complexity index is 442. The van der Waals surface area contributed by atoms with Crippen molar-refractivity contribution >= 4 is 5.97 Å². The number of esters is 1. The van der Waals surface area contributed by atoms with Crippen LogP contribution in [-0.2, 0) is 14.3 Å².